The van der Waals surface area contributed by atoms with Gasteiger partial charge in [-0.1, -0.05) is 31.5 Å². The van der Waals surface area contributed by atoms with Crippen LogP contribution in [0.25, 0.3) is 0 Å². The van der Waals surface area contributed by atoms with E-state index in [1.54, 1.807) is 12.1 Å². The Balaban J connectivity index is 2.67. The molecule has 0 saturated heterocycles. The van der Waals surface area contributed by atoms with Crippen molar-refractivity contribution in [2.75, 3.05) is 0 Å². The Labute approximate surface area is 102 Å². The predicted molar refractivity (Wildman–Crippen MR) is 67.2 cm³/mol. The number of rotatable bonds is 5. The highest BCUT2D eigenvalue weighted by molar-refractivity contribution is 6.30. The molecular formula is C13H19ClFN. The molecule has 1 aromatic rings. The van der Waals surface area contributed by atoms with Crippen LogP contribution in [0.3, 0.4) is 0 Å². The standard InChI is InChI=1S/C13H19ClFN/c1-4-13(3,5-2)16-9-10-6-7-11(14)8-12(10)15/h6-8,16H,4-5,9H2,1-3H3. The van der Waals surface area contributed by atoms with Gasteiger partial charge < -0.3 is 5.32 Å². The Morgan fingerprint density at radius 2 is 1.94 bits per heavy atom. The van der Waals surface area contributed by atoms with Crippen molar-refractivity contribution < 1.29 is 4.39 Å². The third-order valence-electron chi connectivity index (χ3n) is 3.28. The van der Waals surface area contributed by atoms with E-state index in [-0.39, 0.29) is 11.4 Å². The van der Waals surface area contributed by atoms with E-state index in [4.69, 9.17) is 11.6 Å². The molecule has 1 N–H and O–H groups in total. The van der Waals surface area contributed by atoms with Crippen LogP contribution in [0.1, 0.15) is 39.2 Å². The maximum Gasteiger partial charge on any atom is 0.129 e. The predicted octanol–water partition coefficient (Wildman–Crippen LogP) is 4.15. The molecule has 0 atom stereocenters. The maximum atomic E-state index is 13.5. The van der Waals surface area contributed by atoms with Crippen molar-refractivity contribution in [1.29, 1.82) is 0 Å². The molecule has 0 aromatic heterocycles. The van der Waals surface area contributed by atoms with Crippen LogP contribution in [-0.4, -0.2) is 5.54 Å². The Morgan fingerprint density at radius 3 is 2.44 bits per heavy atom. The van der Waals surface area contributed by atoms with E-state index < -0.39 is 0 Å². The minimum Gasteiger partial charge on any atom is -0.307 e. The molecule has 0 unspecified atom stereocenters. The molecule has 0 amide bonds. The molecule has 0 aliphatic rings. The van der Waals surface area contributed by atoms with Gasteiger partial charge in [0.15, 0.2) is 0 Å². The molecule has 90 valence electrons. The Morgan fingerprint density at radius 1 is 1.31 bits per heavy atom. The quantitative estimate of drug-likeness (QED) is 0.819. The van der Waals surface area contributed by atoms with E-state index in [1.807, 2.05) is 0 Å². The fourth-order valence-corrected chi connectivity index (χ4v) is 1.63. The second-order valence-electron chi connectivity index (χ2n) is 4.36. The van der Waals surface area contributed by atoms with Gasteiger partial charge in [0.1, 0.15) is 5.82 Å². The molecule has 0 bridgehead atoms. The molecule has 0 aliphatic heterocycles. The van der Waals surface area contributed by atoms with Gasteiger partial charge in [0, 0.05) is 22.7 Å². The average molecular weight is 244 g/mol. The summed E-state index contributed by atoms with van der Waals surface area (Å²) in [4.78, 5) is 0. The highest BCUT2D eigenvalue weighted by atomic mass is 35.5. The van der Waals surface area contributed by atoms with E-state index in [9.17, 15) is 4.39 Å². The second kappa shape index (κ2) is 5.65. The van der Waals surface area contributed by atoms with E-state index in [0.29, 0.717) is 17.1 Å². The summed E-state index contributed by atoms with van der Waals surface area (Å²) >= 11 is 5.70. The van der Waals surface area contributed by atoms with Gasteiger partial charge in [-0.3, -0.25) is 0 Å². The normalized spacial score (nSPS) is 11.8. The fourth-order valence-electron chi connectivity index (χ4n) is 1.47. The molecule has 1 nitrogen and oxygen atoms in total. The van der Waals surface area contributed by atoms with E-state index in [1.165, 1.54) is 6.07 Å². The van der Waals surface area contributed by atoms with Gasteiger partial charge in [0.05, 0.1) is 0 Å². The van der Waals surface area contributed by atoms with Gasteiger partial charge in [0.25, 0.3) is 0 Å². The van der Waals surface area contributed by atoms with Gasteiger partial charge in [-0.05, 0) is 31.9 Å². The number of nitrogens with one attached hydrogen (secondary N) is 1. The first kappa shape index (κ1) is 13.5. The first-order valence-corrected chi connectivity index (χ1v) is 6.07. The minimum absolute atomic E-state index is 0.0755. The zero-order valence-electron chi connectivity index (χ0n) is 10.1. The van der Waals surface area contributed by atoms with Crippen LogP contribution in [0, 0.1) is 5.82 Å². The van der Waals surface area contributed by atoms with E-state index in [0.717, 1.165) is 12.8 Å². The van der Waals surface area contributed by atoms with Gasteiger partial charge >= 0.3 is 0 Å². The summed E-state index contributed by atoms with van der Waals surface area (Å²) in [5.74, 6) is -0.241. The summed E-state index contributed by atoms with van der Waals surface area (Å²) in [7, 11) is 0. The van der Waals surface area contributed by atoms with Gasteiger partial charge in [-0.15, -0.1) is 0 Å². The number of hydrogen-bond acceptors (Lipinski definition) is 1. The molecule has 16 heavy (non-hydrogen) atoms. The van der Waals surface area contributed by atoms with Crippen LogP contribution in [0.2, 0.25) is 5.02 Å². The van der Waals surface area contributed by atoms with Crippen molar-refractivity contribution in [2.24, 2.45) is 0 Å². The SMILES string of the molecule is CCC(C)(CC)NCc1ccc(Cl)cc1F. The zero-order chi connectivity index (χ0) is 12.2. The molecule has 0 fully saturated rings. The molecule has 0 aliphatic carbocycles. The number of benzene rings is 1. The summed E-state index contributed by atoms with van der Waals surface area (Å²) in [5, 5.41) is 3.83. The topological polar surface area (TPSA) is 12.0 Å². The molecule has 0 heterocycles. The van der Waals surface area contributed by atoms with E-state index >= 15 is 0 Å². The van der Waals surface area contributed by atoms with Crippen LogP contribution < -0.4 is 5.32 Å². The third kappa shape index (κ3) is 3.46. The zero-order valence-corrected chi connectivity index (χ0v) is 10.9. The van der Waals surface area contributed by atoms with Crippen LogP contribution in [0.15, 0.2) is 18.2 Å². The lowest BCUT2D eigenvalue weighted by atomic mass is 9.95. The lowest BCUT2D eigenvalue weighted by molar-refractivity contribution is 0.327. The second-order valence-corrected chi connectivity index (χ2v) is 4.79. The van der Waals surface area contributed by atoms with E-state index in [2.05, 4.69) is 26.1 Å². The molecule has 1 rings (SSSR count). The largest absolute Gasteiger partial charge is 0.307 e. The van der Waals surface area contributed by atoms with Gasteiger partial charge in [-0.2, -0.15) is 0 Å². The first-order valence-electron chi connectivity index (χ1n) is 5.69. The van der Waals surface area contributed by atoms with Crippen LogP contribution >= 0.6 is 11.6 Å². The number of halogens is 2. The lowest BCUT2D eigenvalue weighted by Crippen LogP contribution is -2.40. The van der Waals surface area contributed by atoms with Crippen molar-refractivity contribution in [3.05, 3.63) is 34.6 Å². The highest BCUT2D eigenvalue weighted by Gasteiger charge is 2.18. The Bertz CT molecular complexity index is 348. The highest BCUT2D eigenvalue weighted by Crippen LogP contribution is 2.18. The molecule has 0 spiro atoms. The molecule has 3 heteroatoms. The number of hydrogen-bond donors (Lipinski definition) is 1. The maximum absolute atomic E-state index is 13.5. The van der Waals surface area contributed by atoms with Gasteiger partial charge in [-0.25, -0.2) is 4.39 Å². The average Bonchev–Trinajstić information content (AvgIpc) is 2.27. The summed E-state index contributed by atoms with van der Waals surface area (Å²) < 4.78 is 13.5. The minimum atomic E-state index is -0.241. The first-order chi connectivity index (χ1) is 7.50. The van der Waals surface area contributed by atoms with Crippen molar-refractivity contribution >= 4 is 11.6 Å². The third-order valence-corrected chi connectivity index (χ3v) is 3.52. The summed E-state index contributed by atoms with van der Waals surface area (Å²) in [6, 6.07) is 4.81. The Kier molecular flexibility index (Phi) is 4.75. The van der Waals surface area contributed by atoms with Crippen molar-refractivity contribution in [3.63, 3.8) is 0 Å². The molecular weight excluding hydrogens is 225 g/mol. The van der Waals surface area contributed by atoms with Crippen molar-refractivity contribution in [2.45, 2.75) is 45.7 Å². The molecule has 0 radical (unpaired) electrons. The monoisotopic (exact) mass is 243 g/mol. The lowest BCUT2D eigenvalue weighted by Gasteiger charge is -2.28. The smallest absolute Gasteiger partial charge is 0.129 e. The van der Waals surface area contributed by atoms with Crippen molar-refractivity contribution in [1.82, 2.24) is 5.32 Å². The van der Waals surface area contributed by atoms with Gasteiger partial charge in [0.2, 0.25) is 0 Å². The summed E-state index contributed by atoms with van der Waals surface area (Å²) in [6.07, 6.45) is 2.05. The van der Waals surface area contributed by atoms with Crippen molar-refractivity contribution in [3.8, 4) is 0 Å². The Hall–Kier alpha value is -0.600. The summed E-state index contributed by atoms with van der Waals surface area (Å²) in [6.45, 7) is 6.96. The van der Waals surface area contributed by atoms with Crippen LogP contribution in [0.4, 0.5) is 4.39 Å². The molecule has 1 aromatic carbocycles. The fraction of sp³-hybridized carbons (Fsp3) is 0.538. The van der Waals surface area contributed by atoms with Crippen LogP contribution in [-0.2, 0) is 6.54 Å². The van der Waals surface area contributed by atoms with Crippen LogP contribution in [0.5, 0.6) is 0 Å². The molecule has 0 saturated carbocycles. The summed E-state index contributed by atoms with van der Waals surface area (Å²) in [5.41, 5.74) is 0.740.